The van der Waals surface area contributed by atoms with Gasteiger partial charge in [0.2, 0.25) is 0 Å². The van der Waals surface area contributed by atoms with Crippen molar-refractivity contribution in [1.82, 2.24) is 19.9 Å². The van der Waals surface area contributed by atoms with Gasteiger partial charge in [-0.1, -0.05) is 32.6 Å². The van der Waals surface area contributed by atoms with E-state index in [1.54, 1.807) is 6.33 Å². The van der Waals surface area contributed by atoms with Crippen molar-refractivity contribution < 1.29 is 0 Å². The van der Waals surface area contributed by atoms with Gasteiger partial charge in [0.05, 0.1) is 11.9 Å². The van der Waals surface area contributed by atoms with Crippen LogP contribution in [0.25, 0.3) is 11.0 Å². The van der Waals surface area contributed by atoms with Crippen LogP contribution in [0.2, 0.25) is 0 Å². The quantitative estimate of drug-likeness (QED) is 0.867. The number of rotatable bonds is 4. The van der Waals surface area contributed by atoms with Gasteiger partial charge in [0, 0.05) is 31.4 Å². The molecule has 1 aliphatic heterocycles. The van der Waals surface area contributed by atoms with Gasteiger partial charge in [-0.15, -0.1) is 6.42 Å². The molecule has 0 spiro atoms. The molecule has 1 N–H and O–H groups in total. The van der Waals surface area contributed by atoms with E-state index in [2.05, 4.69) is 36.7 Å². The maximum Gasteiger partial charge on any atom is 0.142 e. The average molecular weight is 339 g/mol. The maximum absolute atomic E-state index is 5.68. The molecule has 1 atom stereocenters. The van der Waals surface area contributed by atoms with E-state index >= 15 is 0 Å². The van der Waals surface area contributed by atoms with Gasteiger partial charge in [0.25, 0.3) is 0 Å². The van der Waals surface area contributed by atoms with E-state index in [-0.39, 0.29) is 7.43 Å². The summed E-state index contributed by atoms with van der Waals surface area (Å²) in [4.78, 5) is 17.0. The Labute approximate surface area is 150 Å². The summed E-state index contributed by atoms with van der Waals surface area (Å²) >= 11 is 0. The van der Waals surface area contributed by atoms with Crippen molar-refractivity contribution in [1.29, 1.82) is 0 Å². The zero-order valence-corrected chi connectivity index (χ0v) is 14.1. The SMILES string of the molecule is C.C#CCN(C1CCCCC1)[C@@H]1CCN(c2ncnc3[nH]ccc23)C1. The molecule has 2 aromatic heterocycles. The summed E-state index contributed by atoms with van der Waals surface area (Å²) < 4.78 is 0. The Morgan fingerprint density at radius 3 is 2.84 bits per heavy atom. The molecule has 1 saturated carbocycles. The first-order chi connectivity index (χ1) is 11.9. The molecule has 3 heterocycles. The number of terminal acetylenes is 1. The van der Waals surface area contributed by atoms with Crippen molar-refractivity contribution in [3.8, 4) is 12.3 Å². The van der Waals surface area contributed by atoms with Crippen LogP contribution in [0, 0.1) is 12.3 Å². The van der Waals surface area contributed by atoms with E-state index < -0.39 is 0 Å². The number of H-pyrrole nitrogens is 1. The fourth-order valence-corrected chi connectivity index (χ4v) is 4.39. The largest absolute Gasteiger partial charge is 0.354 e. The summed E-state index contributed by atoms with van der Waals surface area (Å²) in [6.45, 7) is 2.82. The molecule has 5 nitrogen and oxygen atoms in total. The number of fused-ring (bicyclic) bond motifs is 1. The molecule has 0 bridgehead atoms. The van der Waals surface area contributed by atoms with Crippen molar-refractivity contribution in [3.05, 3.63) is 18.6 Å². The Kier molecular flexibility index (Phi) is 5.60. The Bertz CT molecular complexity index is 725. The fourth-order valence-electron chi connectivity index (χ4n) is 4.39. The van der Waals surface area contributed by atoms with E-state index in [4.69, 9.17) is 6.42 Å². The highest BCUT2D eigenvalue weighted by molar-refractivity contribution is 5.87. The third kappa shape index (κ3) is 3.50. The standard InChI is InChI=1S/C19H25N5.CH4/c1-2-11-24(15-6-4-3-5-7-15)16-9-12-23(13-16)19-17-8-10-20-18(17)21-14-22-19;/h1,8,10,14-16H,3-7,9,11-13H2,(H,20,21,22);1H4/t16-;/m1./s1. The minimum Gasteiger partial charge on any atom is -0.354 e. The van der Waals surface area contributed by atoms with Gasteiger partial charge < -0.3 is 9.88 Å². The second-order valence-corrected chi connectivity index (χ2v) is 6.99. The lowest BCUT2D eigenvalue weighted by Gasteiger charge is -2.37. The second-order valence-electron chi connectivity index (χ2n) is 6.99. The molecule has 5 heteroatoms. The molecule has 0 unspecified atom stereocenters. The van der Waals surface area contributed by atoms with Gasteiger partial charge in [-0.2, -0.15) is 0 Å². The van der Waals surface area contributed by atoms with Gasteiger partial charge in [-0.25, -0.2) is 9.97 Å². The van der Waals surface area contributed by atoms with Crippen molar-refractivity contribution >= 4 is 16.9 Å². The van der Waals surface area contributed by atoms with Crippen LogP contribution < -0.4 is 4.90 Å². The molecule has 4 rings (SSSR count). The number of nitrogens with zero attached hydrogens (tertiary/aromatic N) is 4. The topological polar surface area (TPSA) is 48.1 Å². The molecule has 1 aliphatic carbocycles. The Hall–Kier alpha value is -2.06. The summed E-state index contributed by atoms with van der Waals surface area (Å²) in [5.41, 5.74) is 0.913. The molecule has 0 radical (unpaired) electrons. The van der Waals surface area contributed by atoms with Crippen LogP contribution in [-0.4, -0.2) is 51.6 Å². The van der Waals surface area contributed by atoms with Crippen LogP contribution in [0.3, 0.4) is 0 Å². The highest BCUT2D eigenvalue weighted by atomic mass is 15.3. The minimum atomic E-state index is 0. The summed E-state index contributed by atoms with van der Waals surface area (Å²) in [6, 6.07) is 3.27. The third-order valence-corrected chi connectivity index (χ3v) is 5.58. The van der Waals surface area contributed by atoms with Crippen molar-refractivity contribution in [2.75, 3.05) is 24.5 Å². The molecular weight excluding hydrogens is 310 g/mol. The van der Waals surface area contributed by atoms with Crippen LogP contribution in [0.5, 0.6) is 0 Å². The molecule has 25 heavy (non-hydrogen) atoms. The smallest absolute Gasteiger partial charge is 0.142 e. The van der Waals surface area contributed by atoms with Crippen LogP contribution in [0.1, 0.15) is 46.0 Å². The monoisotopic (exact) mass is 339 g/mol. The number of hydrogen-bond acceptors (Lipinski definition) is 4. The number of anilines is 1. The first-order valence-corrected chi connectivity index (χ1v) is 9.09. The lowest BCUT2D eigenvalue weighted by atomic mass is 9.93. The van der Waals surface area contributed by atoms with Crippen LogP contribution in [0.15, 0.2) is 18.6 Å². The van der Waals surface area contributed by atoms with E-state index in [9.17, 15) is 0 Å². The number of aromatic nitrogens is 3. The Balaban J connectivity index is 0.00000182. The zero-order valence-electron chi connectivity index (χ0n) is 14.1. The van der Waals surface area contributed by atoms with Crippen molar-refractivity contribution in [2.45, 2.75) is 58.0 Å². The predicted octanol–water partition coefficient (Wildman–Crippen LogP) is 3.44. The van der Waals surface area contributed by atoms with Crippen LogP contribution in [-0.2, 0) is 0 Å². The van der Waals surface area contributed by atoms with Gasteiger partial charge in [0.15, 0.2) is 0 Å². The number of hydrogen-bond donors (Lipinski definition) is 1. The second kappa shape index (κ2) is 7.88. The van der Waals surface area contributed by atoms with E-state index in [0.29, 0.717) is 12.1 Å². The molecule has 1 saturated heterocycles. The average Bonchev–Trinajstić information content (AvgIpc) is 3.29. The highest BCUT2D eigenvalue weighted by Gasteiger charge is 2.33. The van der Waals surface area contributed by atoms with Crippen LogP contribution in [0.4, 0.5) is 5.82 Å². The molecule has 2 fully saturated rings. The molecule has 2 aliphatic rings. The maximum atomic E-state index is 5.68. The normalized spacial score (nSPS) is 21.4. The summed E-state index contributed by atoms with van der Waals surface area (Å²) in [7, 11) is 0. The molecule has 2 aromatic rings. The van der Waals surface area contributed by atoms with E-state index in [1.165, 1.54) is 32.1 Å². The molecular formula is C20H29N5. The predicted molar refractivity (Wildman–Crippen MR) is 104 cm³/mol. The van der Waals surface area contributed by atoms with Crippen LogP contribution >= 0.6 is 0 Å². The summed E-state index contributed by atoms with van der Waals surface area (Å²) in [5, 5.41) is 1.11. The van der Waals surface area contributed by atoms with E-state index in [1.807, 2.05) is 6.20 Å². The highest BCUT2D eigenvalue weighted by Crippen LogP contribution is 2.30. The summed E-state index contributed by atoms with van der Waals surface area (Å²) in [6.07, 6.45) is 17.1. The fraction of sp³-hybridized carbons (Fsp3) is 0.600. The van der Waals surface area contributed by atoms with Crippen molar-refractivity contribution in [2.24, 2.45) is 0 Å². The first-order valence-electron chi connectivity index (χ1n) is 9.09. The number of nitrogens with one attached hydrogen (secondary N) is 1. The molecule has 0 aromatic carbocycles. The minimum absolute atomic E-state index is 0. The lowest BCUT2D eigenvalue weighted by Crippen LogP contribution is -2.45. The van der Waals surface area contributed by atoms with Gasteiger partial charge in [0.1, 0.15) is 17.8 Å². The summed E-state index contributed by atoms with van der Waals surface area (Å²) in [5.74, 6) is 3.95. The van der Waals surface area contributed by atoms with Gasteiger partial charge in [-0.05, 0) is 25.3 Å². The van der Waals surface area contributed by atoms with E-state index in [0.717, 1.165) is 42.9 Å². The van der Waals surface area contributed by atoms with Gasteiger partial charge >= 0.3 is 0 Å². The van der Waals surface area contributed by atoms with Crippen molar-refractivity contribution in [3.63, 3.8) is 0 Å². The molecule has 134 valence electrons. The number of aromatic amines is 1. The lowest BCUT2D eigenvalue weighted by molar-refractivity contribution is 0.131. The zero-order chi connectivity index (χ0) is 16.4. The third-order valence-electron chi connectivity index (χ3n) is 5.58. The first kappa shape index (κ1) is 17.8. The van der Waals surface area contributed by atoms with Gasteiger partial charge in [-0.3, -0.25) is 4.90 Å². The Morgan fingerprint density at radius 2 is 2.04 bits per heavy atom. The Morgan fingerprint density at radius 1 is 1.20 bits per heavy atom. The molecule has 0 amide bonds.